The van der Waals surface area contributed by atoms with Gasteiger partial charge in [-0.25, -0.2) is 4.57 Å². The molecule has 0 N–H and O–H groups in total. The average molecular weight is 354 g/mol. The van der Waals surface area contributed by atoms with Crippen LogP contribution in [0.15, 0.2) is 36.5 Å². The summed E-state index contributed by atoms with van der Waals surface area (Å²) >= 11 is 0. The molecule has 0 aliphatic rings. The first kappa shape index (κ1) is 10.1. The Kier molecular flexibility index (Phi) is 2.60. The number of hydrogen-bond donors (Lipinski definition) is 0. The number of aryl methyl sites for hydroxylation is 7. The normalized spacial score (nSPS) is 17.7. The monoisotopic (exact) mass is 353 g/mol. The summed E-state index contributed by atoms with van der Waals surface area (Å²) in [6, 6.07) is 8.18. The zero-order chi connectivity index (χ0) is 26.7. The fourth-order valence-electron chi connectivity index (χ4n) is 3.63. The molecular weight excluding hydrogens is 314 g/mol. The van der Waals surface area contributed by atoms with E-state index in [1.165, 1.54) is 12.1 Å². The highest BCUT2D eigenvalue weighted by molar-refractivity contribution is 5.82. The third-order valence-corrected chi connectivity index (χ3v) is 5.02. The molecule has 0 aliphatic heterocycles. The van der Waals surface area contributed by atoms with Crippen LogP contribution in [0.1, 0.15) is 51.3 Å². The molecule has 0 atom stereocenters. The van der Waals surface area contributed by atoms with Crippen molar-refractivity contribution in [1.29, 1.82) is 0 Å². The van der Waals surface area contributed by atoms with Crippen LogP contribution in [0.5, 0.6) is 0 Å². The minimum absolute atomic E-state index is 0.123. The zero-order valence-electron chi connectivity index (χ0n) is 24.9. The molecule has 0 aliphatic carbocycles. The summed E-state index contributed by atoms with van der Waals surface area (Å²) in [7, 11) is 1.75. The molecule has 0 spiro atoms. The molecule has 134 valence electrons. The summed E-state index contributed by atoms with van der Waals surface area (Å²) in [5.74, 6) is 0. The molecule has 1 aromatic heterocycles. The molecule has 0 radical (unpaired) electrons. The average Bonchev–Trinajstić information content (AvgIpc) is 2.68. The van der Waals surface area contributed by atoms with Crippen molar-refractivity contribution in [2.75, 3.05) is 0 Å². The molecule has 0 bridgehead atoms. The van der Waals surface area contributed by atoms with Gasteiger partial charge in [-0.1, -0.05) is 18.2 Å². The van der Waals surface area contributed by atoms with Crippen molar-refractivity contribution >= 4 is 0 Å². The van der Waals surface area contributed by atoms with Crippen LogP contribution in [-0.2, 0) is 7.05 Å². The van der Waals surface area contributed by atoms with Gasteiger partial charge in [0.2, 0.25) is 5.69 Å². The van der Waals surface area contributed by atoms with Crippen molar-refractivity contribution < 1.29 is 16.9 Å². The van der Waals surface area contributed by atoms with Gasteiger partial charge in [0.1, 0.15) is 7.05 Å². The van der Waals surface area contributed by atoms with Gasteiger partial charge in [0.15, 0.2) is 6.20 Å². The maximum absolute atomic E-state index is 8.20. The predicted octanol–water partition coefficient (Wildman–Crippen LogP) is 6.00. The summed E-state index contributed by atoms with van der Waals surface area (Å²) in [6.07, 6.45) is 1.62. The van der Waals surface area contributed by atoms with E-state index in [1.807, 2.05) is 26.8 Å². The Bertz CT molecular complexity index is 1300. The van der Waals surface area contributed by atoms with Gasteiger partial charge in [-0.05, 0) is 98.3 Å². The second kappa shape index (κ2) is 6.72. The fourth-order valence-corrected chi connectivity index (χ4v) is 3.63. The lowest BCUT2D eigenvalue weighted by Crippen LogP contribution is -2.31. The van der Waals surface area contributed by atoms with E-state index in [0.717, 1.165) is 22.3 Å². The van der Waals surface area contributed by atoms with Crippen LogP contribution in [0.2, 0.25) is 0 Å². The Morgan fingerprint density at radius 2 is 1.46 bits per heavy atom. The standard InChI is InChI=1S/C25H30N/c1-15-9-10-26(8)23(11-15)25-20(6)13-19(5)24(21(25)7)22-14-17(3)16(2)12-18(22)4/h9-14H,1-8H3/q+1/i1D3,2D3,6D3. The van der Waals surface area contributed by atoms with Gasteiger partial charge in [-0.2, -0.15) is 0 Å². The Hall–Kier alpha value is -2.41. The second-order valence-corrected chi connectivity index (χ2v) is 7.01. The van der Waals surface area contributed by atoms with E-state index >= 15 is 0 Å². The van der Waals surface area contributed by atoms with E-state index in [-0.39, 0.29) is 16.7 Å². The highest BCUT2D eigenvalue weighted by Crippen LogP contribution is 2.38. The van der Waals surface area contributed by atoms with E-state index in [9.17, 15) is 0 Å². The van der Waals surface area contributed by atoms with Gasteiger partial charge in [-0.3, -0.25) is 0 Å². The maximum Gasteiger partial charge on any atom is 0.213 e. The van der Waals surface area contributed by atoms with E-state index in [2.05, 4.69) is 0 Å². The molecule has 1 heterocycles. The molecule has 0 saturated heterocycles. The number of benzene rings is 2. The van der Waals surface area contributed by atoms with Gasteiger partial charge in [0, 0.05) is 24.5 Å². The van der Waals surface area contributed by atoms with Gasteiger partial charge in [-0.15, -0.1) is 0 Å². The van der Waals surface area contributed by atoms with E-state index in [1.54, 1.807) is 36.9 Å². The third kappa shape index (κ3) is 3.07. The Morgan fingerprint density at radius 3 is 2.15 bits per heavy atom. The second-order valence-electron chi connectivity index (χ2n) is 7.01. The van der Waals surface area contributed by atoms with Gasteiger partial charge in [0.05, 0.1) is 5.56 Å². The molecule has 0 fully saturated rings. The number of nitrogens with zero attached hydrogens (tertiary/aromatic N) is 1. The highest BCUT2D eigenvalue weighted by atomic mass is 14.9. The quantitative estimate of drug-likeness (QED) is 0.497. The van der Waals surface area contributed by atoms with Gasteiger partial charge in [0.25, 0.3) is 0 Å². The van der Waals surface area contributed by atoms with Crippen LogP contribution in [-0.4, -0.2) is 0 Å². The van der Waals surface area contributed by atoms with Crippen LogP contribution < -0.4 is 4.57 Å². The Balaban J connectivity index is 2.44. The minimum Gasteiger partial charge on any atom is -0.201 e. The zero-order valence-corrected chi connectivity index (χ0v) is 15.9. The van der Waals surface area contributed by atoms with Crippen LogP contribution in [0.3, 0.4) is 0 Å². The molecule has 1 nitrogen and oxygen atoms in total. The fraction of sp³-hybridized carbons (Fsp3) is 0.320. The van der Waals surface area contributed by atoms with Gasteiger partial charge < -0.3 is 0 Å². The molecule has 3 aromatic rings. The molecule has 0 saturated carbocycles. The highest BCUT2D eigenvalue weighted by Gasteiger charge is 2.21. The molecule has 0 amide bonds. The van der Waals surface area contributed by atoms with Crippen molar-refractivity contribution in [3.63, 3.8) is 0 Å². The largest absolute Gasteiger partial charge is 0.213 e. The summed E-state index contributed by atoms with van der Waals surface area (Å²) in [5, 5.41) is 0. The van der Waals surface area contributed by atoms with E-state index in [0.29, 0.717) is 22.4 Å². The number of pyridine rings is 1. The number of rotatable bonds is 2. The third-order valence-electron chi connectivity index (χ3n) is 5.02. The molecule has 1 heteroatoms. The number of hydrogen-bond acceptors (Lipinski definition) is 0. The van der Waals surface area contributed by atoms with Gasteiger partial charge >= 0.3 is 0 Å². The Morgan fingerprint density at radius 1 is 0.731 bits per heavy atom. The van der Waals surface area contributed by atoms with Crippen molar-refractivity contribution in [2.45, 2.75) is 48.3 Å². The summed E-state index contributed by atoms with van der Waals surface area (Å²) < 4.78 is 73.3. The van der Waals surface area contributed by atoms with Crippen molar-refractivity contribution in [2.24, 2.45) is 7.05 Å². The summed E-state index contributed by atoms with van der Waals surface area (Å²) in [6.45, 7) is 0.263. The van der Waals surface area contributed by atoms with Crippen LogP contribution >= 0.6 is 0 Å². The molecule has 0 unspecified atom stereocenters. The lowest BCUT2D eigenvalue weighted by molar-refractivity contribution is -0.660. The molecular formula is C25H30N+. The summed E-state index contributed by atoms with van der Waals surface area (Å²) in [5.41, 5.74) is 5.94. The summed E-state index contributed by atoms with van der Waals surface area (Å²) in [4.78, 5) is 0. The van der Waals surface area contributed by atoms with Crippen LogP contribution in [0.25, 0.3) is 22.4 Å². The van der Waals surface area contributed by atoms with Crippen LogP contribution in [0.4, 0.5) is 0 Å². The first-order valence-electron chi connectivity index (χ1n) is 13.1. The first-order chi connectivity index (χ1) is 15.8. The van der Waals surface area contributed by atoms with E-state index < -0.39 is 20.6 Å². The smallest absolute Gasteiger partial charge is 0.201 e. The molecule has 26 heavy (non-hydrogen) atoms. The van der Waals surface area contributed by atoms with Crippen molar-refractivity contribution in [3.05, 3.63) is 75.5 Å². The maximum atomic E-state index is 8.20. The van der Waals surface area contributed by atoms with Crippen molar-refractivity contribution in [3.8, 4) is 22.4 Å². The number of aromatic nitrogens is 1. The predicted molar refractivity (Wildman–Crippen MR) is 112 cm³/mol. The first-order valence-corrected chi connectivity index (χ1v) is 8.61. The van der Waals surface area contributed by atoms with Crippen LogP contribution in [0, 0.1) is 48.3 Å². The Labute approximate surface area is 171 Å². The molecule has 3 rings (SSSR count). The lowest BCUT2D eigenvalue weighted by atomic mass is 9.85. The minimum atomic E-state index is -2.43. The topological polar surface area (TPSA) is 3.88 Å². The SMILES string of the molecule is [2H]C([2H])([2H])c1cc[n+](C)c(-c2c(C([2H])([2H])[2H])cc(C)c(-c3cc(C)c(C([2H])([2H])[2H])cc3C)c2C)c1. The molecule has 2 aromatic carbocycles. The lowest BCUT2D eigenvalue weighted by Gasteiger charge is -2.19. The van der Waals surface area contributed by atoms with E-state index in [4.69, 9.17) is 12.3 Å². The van der Waals surface area contributed by atoms with Crippen molar-refractivity contribution in [1.82, 2.24) is 0 Å².